The Hall–Kier alpha value is -5.00. The van der Waals surface area contributed by atoms with Crippen molar-refractivity contribution in [2.45, 2.75) is 25.7 Å². The fraction of sp³-hybridized carbons (Fsp3) is 0.231. The predicted molar refractivity (Wildman–Crippen MR) is 138 cm³/mol. The van der Waals surface area contributed by atoms with Crippen LogP contribution in [0.25, 0.3) is 28.2 Å². The normalized spacial score (nSPS) is 14.2. The van der Waals surface area contributed by atoms with Crippen LogP contribution in [0.2, 0.25) is 0 Å². The van der Waals surface area contributed by atoms with Gasteiger partial charge in [-0.05, 0) is 38.0 Å². The summed E-state index contributed by atoms with van der Waals surface area (Å²) in [4.78, 5) is 43.7. The van der Waals surface area contributed by atoms with E-state index in [9.17, 15) is 9.59 Å². The Morgan fingerprint density at radius 3 is 2.53 bits per heavy atom. The van der Waals surface area contributed by atoms with Crippen molar-refractivity contribution in [3.8, 4) is 22.5 Å². The third-order valence-electron chi connectivity index (χ3n) is 6.85. The summed E-state index contributed by atoms with van der Waals surface area (Å²) in [5, 5.41) is 11.9. The SMILES string of the molecule is CC(=O)c1c(C2CCN(C(=O)c3nnc[nH]3)CC2)nc2c(-c3ccc(-c4ccccn4)nc3)cnn2c1N. The zero-order valence-electron chi connectivity index (χ0n) is 20.6. The minimum Gasteiger partial charge on any atom is -0.383 e. The first-order valence-electron chi connectivity index (χ1n) is 12.2. The molecule has 6 heterocycles. The Balaban J connectivity index is 1.34. The Morgan fingerprint density at radius 2 is 1.87 bits per heavy atom. The standard InChI is InChI=1S/C26H24N10O2/c1-15(37)21-22(16-7-10-35(11-8-16)26(38)24-30-14-31-34-24)33-25-18(13-32-36(25)23(21)27)17-5-6-20(29-12-17)19-4-2-3-9-28-19/h2-6,9,12-14,16H,7-8,10-11,27H2,1H3,(H,30,31,34). The lowest BCUT2D eigenvalue weighted by atomic mass is 9.89. The van der Waals surface area contributed by atoms with Crippen LogP contribution in [0.4, 0.5) is 5.82 Å². The molecule has 190 valence electrons. The summed E-state index contributed by atoms with van der Waals surface area (Å²) in [5.74, 6) is 0.0403. The lowest BCUT2D eigenvalue weighted by Gasteiger charge is -2.32. The second-order valence-corrected chi connectivity index (χ2v) is 9.16. The van der Waals surface area contributed by atoms with E-state index in [4.69, 9.17) is 10.7 Å². The number of nitrogens with one attached hydrogen (secondary N) is 1. The molecule has 12 nitrogen and oxygen atoms in total. The number of likely N-dealkylation sites (tertiary alicyclic amines) is 1. The minimum atomic E-state index is -0.199. The first-order chi connectivity index (χ1) is 18.5. The van der Waals surface area contributed by atoms with Crippen LogP contribution in [-0.4, -0.2) is 69.4 Å². The molecule has 1 aliphatic rings. The van der Waals surface area contributed by atoms with Crippen molar-refractivity contribution >= 4 is 23.2 Å². The number of anilines is 1. The van der Waals surface area contributed by atoms with Crippen LogP contribution >= 0.6 is 0 Å². The molecule has 0 atom stereocenters. The van der Waals surface area contributed by atoms with Crippen molar-refractivity contribution in [1.82, 2.24) is 44.6 Å². The van der Waals surface area contributed by atoms with Gasteiger partial charge in [-0.1, -0.05) is 12.1 Å². The number of pyridine rings is 2. The molecule has 5 aromatic rings. The average Bonchev–Trinajstić information content (AvgIpc) is 3.64. The molecule has 5 aromatic heterocycles. The van der Waals surface area contributed by atoms with E-state index in [2.05, 4.69) is 30.2 Å². The van der Waals surface area contributed by atoms with Crippen LogP contribution in [0, 0.1) is 0 Å². The predicted octanol–water partition coefficient (Wildman–Crippen LogP) is 2.78. The van der Waals surface area contributed by atoms with Gasteiger partial charge in [-0.3, -0.25) is 19.6 Å². The Labute approximate surface area is 217 Å². The number of nitrogens with zero attached hydrogens (tertiary/aromatic N) is 8. The highest BCUT2D eigenvalue weighted by Gasteiger charge is 2.31. The van der Waals surface area contributed by atoms with Crippen LogP contribution in [0.15, 0.2) is 55.2 Å². The van der Waals surface area contributed by atoms with Gasteiger partial charge in [0.2, 0.25) is 5.82 Å². The van der Waals surface area contributed by atoms with E-state index in [0.29, 0.717) is 42.8 Å². The van der Waals surface area contributed by atoms with E-state index < -0.39 is 0 Å². The van der Waals surface area contributed by atoms with Gasteiger partial charge in [0.05, 0.1) is 28.8 Å². The Kier molecular flexibility index (Phi) is 5.83. The summed E-state index contributed by atoms with van der Waals surface area (Å²) in [7, 11) is 0. The molecule has 3 N–H and O–H groups in total. The van der Waals surface area contributed by atoms with Crippen molar-refractivity contribution in [1.29, 1.82) is 0 Å². The van der Waals surface area contributed by atoms with Crippen LogP contribution in [-0.2, 0) is 0 Å². The monoisotopic (exact) mass is 508 g/mol. The minimum absolute atomic E-state index is 0.0487. The highest BCUT2D eigenvalue weighted by Crippen LogP contribution is 2.35. The summed E-state index contributed by atoms with van der Waals surface area (Å²) in [6.07, 6.45) is 7.81. The summed E-state index contributed by atoms with van der Waals surface area (Å²) in [5.41, 5.74) is 11.2. The van der Waals surface area contributed by atoms with E-state index in [1.165, 1.54) is 17.8 Å². The molecule has 0 bridgehead atoms. The largest absolute Gasteiger partial charge is 0.383 e. The zero-order chi connectivity index (χ0) is 26.2. The van der Waals surface area contributed by atoms with Gasteiger partial charge in [0.1, 0.15) is 12.1 Å². The number of H-pyrrole nitrogens is 1. The number of rotatable bonds is 5. The first-order valence-corrected chi connectivity index (χ1v) is 12.2. The molecule has 1 saturated heterocycles. The maximum Gasteiger partial charge on any atom is 0.291 e. The third kappa shape index (κ3) is 4.05. The number of aromatic nitrogens is 8. The number of amides is 1. The summed E-state index contributed by atoms with van der Waals surface area (Å²) >= 11 is 0. The van der Waals surface area contributed by atoms with Crippen LogP contribution in [0.1, 0.15) is 52.4 Å². The average molecular weight is 509 g/mol. The van der Waals surface area contributed by atoms with E-state index in [0.717, 1.165) is 22.5 Å². The van der Waals surface area contributed by atoms with E-state index in [-0.39, 0.29) is 29.3 Å². The van der Waals surface area contributed by atoms with Gasteiger partial charge in [-0.2, -0.15) is 9.61 Å². The van der Waals surface area contributed by atoms with E-state index in [1.54, 1.807) is 23.5 Å². The first kappa shape index (κ1) is 23.4. The highest BCUT2D eigenvalue weighted by molar-refractivity contribution is 6.00. The number of fused-ring (bicyclic) bond motifs is 1. The smallest absolute Gasteiger partial charge is 0.291 e. The molecule has 1 aliphatic heterocycles. The number of hydrogen-bond acceptors (Lipinski definition) is 9. The quantitative estimate of drug-likeness (QED) is 0.340. The number of piperidine rings is 1. The fourth-order valence-corrected chi connectivity index (χ4v) is 4.93. The molecule has 12 heteroatoms. The Bertz CT molecular complexity index is 1620. The van der Waals surface area contributed by atoms with Crippen molar-refractivity contribution in [2.24, 2.45) is 0 Å². The summed E-state index contributed by atoms with van der Waals surface area (Å²) < 4.78 is 1.50. The third-order valence-corrected chi connectivity index (χ3v) is 6.85. The molecule has 0 aromatic carbocycles. The number of Topliss-reactive ketones (excluding diaryl/α,β-unsaturated/α-hetero) is 1. The molecule has 0 radical (unpaired) electrons. The second-order valence-electron chi connectivity index (χ2n) is 9.16. The maximum absolute atomic E-state index is 12.7. The fourth-order valence-electron chi connectivity index (χ4n) is 4.93. The molecule has 0 aliphatic carbocycles. The number of hydrogen-bond donors (Lipinski definition) is 2. The number of aromatic amines is 1. The number of nitrogen functional groups attached to an aromatic ring is 1. The lowest BCUT2D eigenvalue weighted by Crippen LogP contribution is -2.39. The lowest BCUT2D eigenvalue weighted by molar-refractivity contribution is 0.0699. The molecular weight excluding hydrogens is 484 g/mol. The van der Waals surface area contributed by atoms with Gasteiger partial charge < -0.3 is 15.6 Å². The summed E-state index contributed by atoms with van der Waals surface area (Å²) in [6, 6.07) is 9.52. The van der Waals surface area contributed by atoms with Crippen molar-refractivity contribution in [3.63, 3.8) is 0 Å². The molecule has 38 heavy (non-hydrogen) atoms. The second kappa shape index (κ2) is 9.47. The topological polar surface area (TPSA) is 161 Å². The molecule has 0 spiro atoms. The van der Waals surface area contributed by atoms with Gasteiger partial charge in [-0.25, -0.2) is 4.98 Å². The van der Waals surface area contributed by atoms with Crippen molar-refractivity contribution < 1.29 is 9.59 Å². The number of carbonyl (C=O) groups excluding carboxylic acids is 2. The van der Waals surface area contributed by atoms with Crippen LogP contribution in [0.5, 0.6) is 0 Å². The molecular formula is C26H24N10O2. The van der Waals surface area contributed by atoms with Crippen molar-refractivity contribution in [3.05, 3.63) is 72.3 Å². The molecule has 1 amide bonds. The van der Waals surface area contributed by atoms with Crippen LogP contribution in [0.3, 0.4) is 0 Å². The van der Waals surface area contributed by atoms with E-state index >= 15 is 0 Å². The zero-order valence-corrected chi connectivity index (χ0v) is 20.6. The molecule has 1 fully saturated rings. The van der Waals surface area contributed by atoms with Gasteiger partial charge in [0.15, 0.2) is 11.4 Å². The van der Waals surface area contributed by atoms with Gasteiger partial charge in [0, 0.05) is 42.5 Å². The van der Waals surface area contributed by atoms with Gasteiger partial charge in [-0.15, -0.1) is 10.2 Å². The molecule has 0 saturated carbocycles. The number of nitrogens with two attached hydrogens (primary N) is 1. The van der Waals surface area contributed by atoms with E-state index in [1.807, 2.05) is 30.3 Å². The Morgan fingerprint density at radius 1 is 1.05 bits per heavy atom. The maximum atomic E-state index is 12.7. The molecule has 6 rings (SSSR count). The summed E-state index contributed by atoms with van der Waals surface area (Å²) in [6.45, 7) is 2.48. The van der Waals surface area contributed by atoms with Gasteiger partial charge >= 0.3 is 0 Å². The number of carbonyl (C=O) groups is 2. The van der Waals surface area contributed by atoms with Crippen LogP contribution < -0.4 is 5.73 Å². The van der Waals surface area contributed by atoms with Gasteiger partial charge in [0.25, 0.3) is 5.91 Å². The molecule has 0 unspecified atom stereocenters. The number of ketones is 1. The highest BCUT2D eigenvalue weighted by atomic mass is 16.2. The van der Waals surface area contributed by atoms with Crippen molar-refractivity contribution in [2.75, 3.05) is 18.8 Å².